The SMILES string of the molecule is CN1CCN(c2ccn3ncc(C(=O)Nc4cn(C5CCC(CN(C)CCCOCCCc6cccc7c6n(C)c(=O)n7C6CCC(=O)NC6=O)CC5)nc4C(F)F)c3n2)CC1. The first-order chi connectivity index (χ1) is 29.9. The number of anilines is 2. The van der Waals surface area contributed by atoms with Crippen molar-refractivity contribution in [3.8, 4) is 0 Å². The third-order valence-corrected chi connectivity index (χ3v) is 12.7. The number of carbonyl (C=O) groups is 3. The van der Waals surface area contributed by atoms with Crippen molar-refractivity contribution < 1.29 is 27.9 Å². The summed E-state index contributed by atoms with van der Waals surface area (Å²) >= 11 is 0. The number of nitrogens with zero attached hydrogens (tertiary/aromatic N) is 10. The molecule has 5 aromatic rings. The van der Waals surface area contributed by atoms with Gasteiger partial charge in [0.15, 0.2) is 11.3 Å². The Labute approximate surface area is 358 Å². The van der Waals surface area contributed by atoms with Gasteiger partial charge in [-0.1, -0.05) is 12.1 Å². The van der Waals surface area contributed by atoms with Gasteiger partial charge in [0.2, 0.25) is 11.8 Å². The molecule has 6 heterocycles. The maximum Gasteiger partial charge on any atom is 0.329 e. The number of piperidine rings is 1. The van der Waals surface area contributed by atoms with Crippen LogP contribution in [0.4, 0.5) is 20.3 Å². The van der Waals surface area contributed by atoms with Gasteiger partial charge < -0.3 is 24.8 Å². The maximum atomic E-state index is 14.2. The number of hydrogen-bond acceptors (Lipinski definition) is 11. The Kier molecular flexibility index (Phi) is 13.1. The highest BCUT2D eigenvalue weighted by atomic mass is 19.3. The molecule has 1 atom stereocenters. The van der Waals surface area contributed by atoms with Gasteiger partial charge in [-0.2, -0.15) is 10.2 Å². The van der Waals surface area contributed by atoms with Gasteiger partial charge in [0.05, 0.1) is 29.0 Å². The molecule has 332 valence electrons. The van der Waals surface area contributed by atoms with Gasteiger partial charge >= 0.3 is 5.69 Å². The van der Waals surface area contributed by atoms with Crippen LogP contribution in [0.5, 0.6) is 0 Å². The number of piperazine rings is 1. The quantitative estimate of drug-likeness (QED) is 0.108. The number of amides is 3. The molecular formula is C43H56F2N12O5. The number of fused-ring (bicyclic) bond motifs is 2. The molecule has 2 aliphatic heterocycles. The largest absolute Gasteiger partial charge is 0.381 e. The number of para-hydroxylation sites is 1. The Morgan fingerprint density at radius 2 is 1.79 bits per heavy atom. The number of ether oxygens (including phenoxy) is 1. The van der Waals surface area contributed by atoms with Crippen LogP contribution in [0.1, 0.15) is 91.5 Å². The normalized spacial score (nSPS) is 20.2. The first-order valence-corrected chi connectivity index (χ1v) is 21.7. The van der Waals surface area contributed by atoms with Gasteiger partial charge in [0.25, 0.3) is 12.3 Å². The van der Waals surface area contributed by atoms with E-state index in [2.05, 4.69) is 49.6 Å². The van der Waals surface area contributed by atoms with Gasteiger partial charge in [-0.05, 0) is 89.1 Å². The van der Waals surface area contributed by atoms with Crippen LogP contribution in [-0.2, 0) is 27.8 Å². The lowest BCUT2D eigenvalue weighted by Crippen LogP contribution is -2.44. The number of benzene rings is 1. The van der Waals surface area contributed by atoms with E-state index in [4.69, 9.17) is 9.72 Å². The molecule has 3 fully saturated rings. The number of rotatable bonds is 16. The smallest absolute Gasteiger partial charge is 0.329 e. The van der Waals surface area contributed by atoms with Crippen LogP contribution < -0.4 is 21.2 Å². The topological polar surface area (TPSA) is 169 Å². The van der Waals surface area contributed by atoms with Crippen molar-refractivity contribution in [2.24, 2.45) is 13.0 Å². The van der Waals surface area contributed by atoms with Gasteiger partial charge in [-0.3, -0.25) is 33.5 Å². The Hall–Kier alpha value is -5.53. The van der Waals surface area contributed by atoms with E-state index in [1.54, 1.807) is 22.5 Å². The lowest BCUT2D eigenvalue weighted by atomic mass is 9.86. The third kappa shape index (κ3) is 9.29. The molecule has 1 saturated carbocycles. The van der Waals surface area contributed by atoms with Gasteiger partial charge in [0.1, 0.15) is 17.4 Å². The van der Waals surface area contributed by atoms with E-state index < -0.39 is 30.0 Å². The van der Waals surface area contributed by atoms with Crippen molar-refractivity contribution in [3.05, 3.63) is 70.2 Å². The summed E-state index contributed by atoms with van der Waals surface area (Å²) in [7, 11) is 5.90. The maximum absolute atomic E-state index is 14.2. The Balaban J connectivity index is 0.769. The van der Waals surface area contributed by atoms with E-state index >= 15 is 0 Å². The van der Waals surface area contributed by atoms with Crippen LogP contribution in [0.15, 0.2) is 47.7 Å². The average molecular weight is 859 g/mol. The Morgan fingerprint density at radius 3 is 2.55 bits per heavy atom. The van der Waals surface area contributed by atoms with Gasteiger partial charge in [0, 0.05) is 78.3 Å². The second-order valence-electron chi connectivity index (χ2n) is 17.0. The van der Waals surface area contributed by atoms with E-state index in [1.165, 1.54) is 21.5 Å². The molecule has 62 heavy (non-hydrogen) atoms. The average Bonchev–Trinajstić information content (AvgIpc) is 3.95. The van der Waals surface area contributed by atoms with E-state index in [0.717, 1.165) is 94.7 Å². The number of imidazole rings is 1. The van der Waals surface area contributed by atoms with Crippen molar-refractivity contribution >= 4 is 45.9 Å². The Morgan fingerprint density at radius 1 is 1.02 bits per heavy atom. The zero-order valence-corrected chi connectivity index (χ0v) is 35.6. The van der Waals surface area contributed by atoms with Crippen molar-refractivity contribution in [1.29, 1.82) is 0 Å². The predicted molar refractivity (Wildman–Crippen MR) is 229 cm³/mol. The first kappa shape index (κ1) is 43.1. The van der Waals surface area contributed by atoms with Crippen molar-refractivity contribution in [2.45, 2.75) is 76.3 Å². The number of halogens is 2. The third-order valence-electron chi connectivity index (χ3n) is 12.7. The molecule has 1 unspecified atom stereocenters. The fourth-order valence-electron chi connectivity index (χ4n) is 9.25. The number of hydrogen-bond donors (Lipinski definition) is 2. The number of carbonyl (C=O) groups excluding carboxylic acids is 3. The highest BCUT2D eigenvalue weighted by Crippen LogP contribution is 2.35. The minimum atomic E-state index is -2.86. The summed E-state index contributed by atoms with van der Waals surface area (Å²) in [5, 5.41) is 13.6. The molecule has 0 bridgehead atoms. The van der Waals surface area contributed by atoms with Crippen LogP contribution in [0.2, 0.25) is 0 Å². The molecule has 3 aliphatic rings. The summed E-state index contributed by atoms with van der Waals surface area (Å²) in [6, 6.07) is 6.85. The number of aromatic nitrogens is 7. The van der Waals surface area contributed by atoms with Crippen LogP contribution in [0, 0.1) is 5.92 Å². The molecule has 1 aromatic carbocycles. The van der Waals surface area contributed by atoms with Crippen molar-refractivity contribution in [1.82, 2.24) is 48.6 Å². The zero-order chi connectivity index (χ0) is 43.5. The van der Waals surface area contributed by atoms with E-state index in [0.29, 0.717) is 43.1 Å². The fraction of sp³-hybridized carbons (Fsp3) is 0.558. The minimum absolute atomic E-state index is 0.00492. The molecular weight excluding hydrogens is 803 g/mol. The fourth-order valence-corrected chi connectivity index (χ4v) is 9.25. The summed E-state index contributed by atoms with van der Waals surface area (Å²) < 4.78 is 40.7. The highest BCUT2D eigenvalue weighted by Gasteiger charge is 2.32. The van der Waals surface area contributed by atoms with Gasteiger partial charge in [-0.15, -0.1) is 0 Å². The molecule has 0 spiro atoms. The van der Waals surface area contributed by atoms with Crippen LogP contribution in [0.25, 0.3) is 16.7 Å². The van der Waals surface area contributed by atoms with Crippen molar-refractivity contribution in [2.75, 3.05) is 76.8 Å². The monoisotopic (exact) mass is 858 g/mol. The lowest BCUT2D eigenvalue weighted by molar-refractivity contribution is -0.135. The second-order valence-corrected chi connectivity index (χ2v) is 17.0. The second kappa shape index (κ2) is 18.8. The summed E-state index contributed by atoms with van der Waals surface area (Å²) in [6.45, 7) is 6.45. The van der Waals surface area contributed by atoms with E-state index in [-0.39, 0.29) is 35.3 Å². The molecule has 0 radical (unpaired) electrons. The van der Waals surface area contributed by atoms with Crippen LogP contribution >= 0.6 is 0 Å². The molecule has 19 heteroatoms. The predicted octanol–water partition coefficient (Wildman–Crippen LogP) is 4.20. The summed E-state index contributed by atoms with van der Waals surface area (Å²) in [6.07, 6.45) is 8.19. The molecule has 1 aliphatic carbocycles. The molecule has 4 aromatic heterocycles. The first-order valence-electron chi connectivity index (χ1n) is 21.7. The van der Waals surface area contributed by atoms with Crippen molar-refractivity contribution in [3.63, 3.8) is 0 Å². The molecule has 2 N–H and O–H groups in total. The van der Waals surface area contributed by atoms with Crippen LogP contribution in [-0.4, -0.2) is 128 Å². The van der Waals surface area contributed by atoms with Gasteiger partial charge in [-0.25, -0.2) is 23.1 Å². The number of imide groups is 1. The summed E-state index contributed by atoms with van der Waals surface area (Å²) in [4.78, 5) is 62.4. The number of likely N-dealkylation sites (N-methyl/N-ethyl adjacent to an activating group) is 1. The number of aryl methyl sites for hydroxylation is 2. The molecule has 8 rings (SSSR count). The number of alkyl halides is 2. The van der Waals surface area contributed by atoms with E-state index in [1.807, 2.05) is 24.3 Å². The summed E-state index contributed by atoms with van der Waals surface area (Å²) in [5.41, 5.74) is 2.32. The molecule has 3 amide bonds. The highest BCUT2D eigenvalue weighted by molar-refractivity contribution is 6.08. The minimum Gasteiger partial charge on any atom is -0.381 e. The molecule has 17 nitrogen and oxygen atoms in total. The number of nitrogens with one attached hydrogen (secondary N) is 2. The van der Waals surface area contributed by atoms with Crippen LogP contribution in [0.3, 0.4) is 0 Å². The Bertz CT molecular complexity index is 2460. The zero-order valence-electron chi connectivity index (χ0n) is 35.6. The standard InChI is InChI=1S/C43H56F2N12O5/c1-51-19-21-54(22-20-51)35-16-18-55-40(48-35)31(25-46-55)41(59)47-32-27-56(50-37(32)39(44)45)30-12-10-28(11-13-30)26-52(2)17-6-24-62-23-5-8-29-7-4-9-33-38(29)53(3)43(61)57(33)34-14-15-36(58)49-42(34)60/h4,7,9,16,18,25,27-28,30,34,39H,5-6,8,10-15,17,19-24,26H2,1-3H3,(H,47,59)(H,49,58,60). The molecule has 2 saturated heterocycles. The lowest BCUT2D eigenvalue weighted by Gasteiger charge is -2.33. The van der Waals surface area contributed by atoms with E-state index in [9.17, 15) is 28.0 Å². The summed E-state index contributed by atoms with van der Waals surface area (Å²) in [5.74, 6) is -0.109.